The summed E-state index contributed by atoms with van der Waals surface area (Å²) in [5, 5.41) is 18.5. The third-order valence-corrected chi connectivity index (χ3v) is 2.78. The van der Waals surface area contributed by atoms with Gasteiger partial charge >= 0.3 is 0 Å². The third-order valence-electron chi connectivity index (χ3n) is 2.78. The molecule has 0 aromatic heterocycles. The Hall–Kier alpha value is -0.340. The Bertz CT molecular complexity index is 173. The van der Waals surface area contributed by atoms with Gasteiger partial charge < -0.3 is 10.2 Å². The first-order chi connectivity index (χ1) is 5.65. The van der Waals surface area contributed by atoms with Gasteiger partial charge in [-0.3, -0.25) is 0 Å². The fourth-order valence-electron chi connectivity index (χ4n) is 1.97. The maximum atomic E-state index is 9.42. The van der Waals surface area contributed by atoms with Crippen LogP contribution in [0.4, 0.5) is 0 Å². The maximum Gasteiger partial charge on any atom is 0.0546 e. The second-order valence-electron chi connectivity index (χ2n) is 3.84. The fraction of sp³-hybridized carbons (Fsp3) is 0.800. The van der Waals surface area contributed by atoms with Gasteiger partial charge in [0.25, 0.3) is 0 Å². The van der Waals surface area contributed by atoms with E-state index in [9.17, 15) is 5.11 Å². The number of hydrogen-bond donors (Lipinski definition) is 2. The zero-order valence-corrected chi connectivity index (χ0v) is 7.83. The fourth-order valence-corrected chi connectivity index (χ4v) is 1.97. The molecule has 0 unspecified atom stereocenters. The van der Waals surface area contributed by atoms with Crippen molar-refractivity contribution in [3.8, 4) is 0 Å². The zero-order valence-electron chi connectivity index (χ0n) is 7.83. The lowest BCUT2D eigenvalue weighted by Gasteiger charge is -2.31. The van der Waals surface area contributed by atoms with Crippen molar-refractivity contribution in [2.24, 2.45) is 11.8 Å². The molecule has 2 N–H and O–H groups in total. The van der Waals surface area contributed by atoms with E-state index in [2.05, 4.69) is 13.0 Å². The summed E-state index contributed by atoms with van der Waals surface area (Å²) in [5.74, 6) is 0.508. The van der Waals surface area contributed by atoms with E-state index in [1.54, 1.807) is 0 Å². The minimum atomic E-state index is -0.300. The monoisotopic (exact) mass is 170 g/mol. The SMILES string of the molecule is CC1=CC[C@H]([C@@H](C)O)[C@H](CO)C1. The summed E-state index contributed by atoms with van der Waals surface area (Å²) < 4.78 is 0. The number of hydrogen-bond acceptors (Lipinski definition) is 2. The normalized spacial score (nSPS) is 32.8. The molecule has 0 radical (unpaired) electrons. The average molecular weight is 170 g/mol. The molecule has 0 fully saturated rings. The summed E-state index contributed by atoms with van der Waals surface area (Å²) in [6.07, 6.45) is 3.72. The van der Waals surface area contributed by atoms with Crippen LogP contribution in [-0.2, 0) is 0 Å². The van der Waals surface area contributed by atoms with E-state index in [0.717, 1.165) is 12.8 Å². The average Bonchev–Trinajstić information content (AvgIpc) is 2.03. The second-order valence-corrected chi connectivity index (χ2v) is 3.84. The maximum absolute atomic E-state index is 9.42. The smallest absolute Gasteiger partial charge is 0.0546 e. The minimum Gasteiger partial charge on any atom is -0.396 e. The topological polar surface area (TPSA) is 40.5 Å². The van der Waals surface area contributed by atoms with Gasteiger partial charge in [0, 0.05) is 6.61 Å². The van der Waals surface area contributed by atoms with Gasteiger partial charge in [0.2, 0.25) is 0 Å². The van der Waals surface area contributed by atoms with Crippen molar-refractivity contribution < 1.29 is 10.2 Å². The highest BCUT2D eigenvalue weighted by molar-refractivity contribution is 5.06. The van der Waals surface area contributed by atoms with Crippen molar-refractivity contribution >= 4 is 0 Å². The van der Waals surface area contributed by atoms with Crippen LogP contribution in [0.2, 0.25) is 0 Å². The Kier molecular flexibility index (Phi) is 3.29. The molecule has 70 valence electrons. The predicted octanol–water partition coefficient (Wildman–Crippen LogP) is 1.33. The summed E-state index contributed by atoms with van der Waals surface area (Å²) in [5.41, 5.74) is 1.34. The van der Waals surface area contributed by atoms with Crippen LogP contribution < -0.4 is 0 Å². The molecular formula is C10H18O2. The Balaban J connectivity index is 2.63. The van der Waals surface area contributed by atoms with Crippen LogP contribution in [0.1, 0.15) is 26.7 Å². The number of aliphatic hydroxyl groups excluding tert-OH is 2. The van der Waals surface area contributed by atoms with Crippen molar-refractivity contribution in [3.05, 3.63) is 11.6 Å². The first-order valence-electron chi connectivity index (χ1n) is 4.59. The molecule has 2 heteroatoms. The minimum absolute atomic E-state index is 0.195. The van der Waals surface area contributed by atoms with E-state index in [0.29, 0.717) is 0 Å². The van der Waals surface area contributed by atoms with E-state index < -0.39 is 0 Å². The van der Waals surface area contributed by atoms with Crippen molar-refractivity contribution in [2.45, 2.75) is 32.8 Å². The van der Waals surface area contributed by atoms with E-state index in [1.165, 1.54) is 5.57 Å². The van der Waals surface area contributed by atoms with Gasteiger partial charge in [0.1, 0.15) is 0 Å². The van der Waals surface area contributed by atoms with Gasteiger partial charge in [0.15, 0.2) is 0 Å². The summed E-state index contributed by atoms with van der Waals surface area (Å²) in [7, 11) is 0. The molecule has 0 saturated heterocycles. The first kappa shape index (κ1) is 9.75. The zero-order chi connectivity index (χ0) is 9.14. The van der Waals surface area contributed by atoms with Crippen LogP contribution in [0.15, 0.2) is 11.6 Å². The van der Waals surface area contributed by atoms with Crippen molar-refractivity contribution in [1.82, 2.24) is 0 Å². The van der Waals surface area contributed by atoms with Crippen LogP contribution in [0, 0.1) is 11.8 Å². The number of rotatable bonds is 2. The summed E-state index contributed by atoms with van der Waals surface area (Å²) >= 11 is 0. The lowest BCUT2D eigenvalue weighted by Crippen LogP contribution is -2.30. The van der Waals surface area contributed by atoms with Crippen LogP contribution in [0.5, 0.6) is 0 Å². The number of aliphatic hydroxyl groups is 2. The Morgan fingerprint density at radius 1 is 1.67 bits per heavy atom. The Morgan fingerprint density at radius 2 is 2.33 bits per heavy atom. The third kappa shape index (κ3) is 2.08. The lowest BCUT2D eigenvalue weighted by molar-refractivity contribution is 0.0571. The molecule has 1 aliphatic rings. The van der Waals surface area contributed by atoms with Gasteiger partial charge in [-0.1, -0.05) is 11.6 Å². The largest absolute Gasteiger partial charge is 0.396 e. The molecule has 3 atom stereocenters. The first-order valence-corrected chi connectivity index (χ1v) is 4.59. The summed E-state index contributed by atoms with van der Waals surface area (Å²) in [6, 6.07) is 0. The number of allylic oxidation sites excluding steroid dienone is 2. The molecular weight excluding hydrogens is 152 g/mol. The van der Waals surface area contributed by atoms with E-state index in [1.807, 2.05) is 6.92 Å². The van der Waals surface area contributed by atoms with E-state index in [4.69, 9.17) is 5.11 Å². The molecule has 0 bridgehead atoms. The summed E-state index contributed by atoms with van der Waals surface area (Å²) in [6.45, 7) is 4.09. The Morgan fingerprint density at radius 3 is 2.83 bits per heavy atom. The molecule has 0 aliphatic heterocycles. The van der Waals surface area contributed by atoms with E-state index in [-0.39, 0.29) is 24.5 Å². The van der Waals surface area contributed by atoms with Crippen molar-refractivity contribution in [1.29, 1.82) is 0 Å². The van der Waals surface area contributed by atoms with Gasteiger partial charge in [-0.15, -0.1) is 0 Å². The molecule has 0 spiro atoms. The van der Waals surface area contributed by atoms with Crippen molar-refractivity contribution in [3.63, 3.8) is 0 Å². The molecule has 1 rings (SSSR count). The molecule has 2 nitrogen and oxygen atoms in total. The van der Waals surface area contributed by atoms with Gasteiger partial charge in [-0.2, -0.15) is 0 Å². The molecule has 0 aromatic rings. The summed E-state index contributed by atoms with van der Waals surface area (Å²) in [4.78, 5) is 0. The lowest BCUT2D eigenvalue weighted by atomic mass is 9.78. The van der Waals surface area contributed by atoms with E-state index >= 15 is 0 Å². The molecule has 0 amide bonds. The van der Waals surface area contributed by atoms with Crippen LogP contribution in [-0.4, -0.2) is 22.9 Å². The van der Waals surface area contributed by atoms with Crippen LogP contribution in [0.25, 0.3) is 0 Å². The molecule has 12 heavy (non-hydrogen) atoms. The van der Waals surface area contributed by atoms with Crippen LogP contribution in [0.3, 0.4) is 0 Å². The highest BCUT2D eigenvalue weighted by Gasteiger charge is 2.27. The molecule has 0 heterocycles. The standard InChI is InChI=1S/C10H18O2/c1-7-3-4-10(8(2)12)9(5-7)6-11/h3,8-12H,4-6H2,1-2H3/t8-,9+,10-/m1/s1. The van der Waals surface area contributed by atoms with Gasteiger partial charge in [-0.05, 0) is 38.5 Å². The van der Waals surface area contributed by atoms with Gasteiger partial charge in [-0.25, -0.2) is 0 Å². The molecule has 0 aromatic carbocycles. The second kappa shape index (κ2) is 4.06. The predicted molar refractivity (Wildman–Crippen MR) is 48.7 cm³/mol. The highest BCUT2D eigenvalue weighted by Crippen LogP contribution is 2.31. The van der Waals surface area contributed by atoms with Crippen LogP contribution >= 0.6 is 0 Å². The van der Waals surface area contributed by atoms with Crippen molar-refractivity contribution in [2.75, 3.05) is 6.61 Å². The molecule has 0 saturated carbocycles. The van der Waals surface area contributed by atoms with Gasteiger partial charge in [0.05, 0.1) is 6.10 Å². The quantitative estimate of drug-likeness (QED) is 0.614. The highest BCUT2D eigenvalue weighted by atomic mass is 16.3. The molecule has 1 aliphatic carbocycles. The Labute approximate surface area is 73.9 Å².